The molecule has 3 rings (SSSR count). The molecule has 5 nitrogen and oxygen atoms in total. The highest BCUT2D eigenvalue weighted by Gasteiger charge is 2.19. The van der Waals surface area contributed by atoms with Gasteiger partial charge in [-0.1, -0.05) is 43.2 Å². The number of nitrogens with one attached hydrogen (secondary N) is 2. The molecule has 0 atom stereocenters. The SMILES string of the molecule is CC(C)(C)NSc1ccc(NC(=O)CCc2ccccc2)cc1.NC(=O)C1CCCC1. The van der Waals surface area contributed by atoms with Crippen LogP contribution in [0.2, 0.25) is 0 Å². The summed E-state index contributed by atoms with van der Waals surface area (Å²) >= 11 is 1.60. The van der Waals surface area contributed by atoms with Crippen LogP contribution in [0.4, 0.5) is 5.69 Å². The van der Waals surface area contributed by atoms with E-state index in [2.05, 4.69) is 30.8 Å². The summed E-state index contributed by atoms with van der Waals surface area (Å²) in [4.78, 5) is 23.6. The predicted octanol–water partition coefficient (Wildman–Crippen LogP) is 5.32. The molecule has 0 unspecified atom stereocenters. The van der Waals surface area contributed by atoms with Crippen molar-refractivity contribution in [1.29, 1.82) is 0 Å². The quantitative estimate of drug-likeness (QED) is 0.508. The standard InChI is InChI=1S/C19H24N2OS.C6H11NO/c1-19(2,3)21-23-17-12-10-16(11-13-17)20-18(22)14-9-15-7-5-4-6-8-15;7-6(8)5-3-1-2-4-5/h4-8,10-13,21H,9,14H2,1-3H3,(H,20,22);5H,1-4H2,(H2,7,8). The molecule has 0 spiro atoms. The highest BCUT2D eigenvalue weighted by molar-refractivity contribution is 7.97. The third-order valence-electron chi connectivity index (χ3n) is 4.85. The lowest BCUT2D eigenvalue weighted by Crippen LogP contribution is -2.29. The van der Waals surface area contributed by atoms with Crippen molar-refractivity contribution in [3.8, 4) is 0 Å². The van der Waals surface area contributed by atoms with Gasteiger partial charge in [0.15, 0.2) is 0 Å². The first-order valence-corrected chi connectivity index (χ1v) is 11.7. The van der Waals surface area contributed by atoms with Crippen LogP contribution in [-0.4, -0.2) is 17.4 Å². The maximum Gasteiger partial charge on any atom is 0.224 e. The van der Waals surface area contributed by atoms with Crippen LogP contribution < -0.4 is 15.8 Å². The number of hydrogen-bond donors (Lipinski definition) is 3. The van der Waals surface area contributed by atoms with Gasteiger partial charge in [-0.15, -0.1) is 0 Å². The molecule has 0 saturated heterocycles. The van der Waals surface area contributed by atoms with Gasteiger partial charge in [-0.05, 0) is 81.8 Å². The minimum absolute atomic E-state index is 0.0436. The van der Waals surface area contributed by atoms with E-state index in [1.165, 1.54) is 18.4 Å². The molecule has 6 heteroatoms. The number of aryl methyl sites for hydroxylation is 1. The van der Waals surface area contributed by atoms with Crippen molar-refractivity contribution in [2.75, 3.05) is 5.32 Å². The Kier molecular flexibility index (Phi) is 10.1. The number of anilines is 1. The third-order valence-corrected chi connectivity index (χ3v) is 6.08. The molecule has 168 valence electrons. The molecule has 0 heterocycles. The van der Waals surface area contributed by atoms with E-state index in [9.17, 15) is 9.59 Å². The molecule has 1 saturated carbocycles. The number of nitrogens with two attached hydrogens (primary N) is 1. The van der Waals surface area contributed by atoms with Crippen LogP contribution in [0.5, 0.6) is 0 Å². The lowest BCUT2D eigenvalue weighted by molar-refractivity contribution is -0.121. The molecule has 0 radical (unpaired) electrons. The molecule has 2 aromatic rings. The van der Waals surface area contributed by atoms with Gasteiger partial charge in [0.05, 0.1) is 0 Å². The molecule has 1 aliphatic carbocycles. The van der Waals surface area contributed by atoms with Crippen molar-refractivity contribution < 1.29 is 9.59 Å². The van der Waals surface area contributed by atoms with E-state index in [1.54, 1.807) is 11.9 Å². The van der Waals surface area contributed by atoms with Gasteiger partial charge in [-0.3, -0.25) is 14.3 Å². The number of carbonyl (C=O) groups excluding carboxylic acids is 2. The van der Waals surface area contributed by atoms with Crippen molar-refractivity contribution in [3.05, 3.63) is 60.2 Å². The third kappa shape index (κ3) is 10.5. The second kappa shape index (κ2) is 12.5. The minimum Gasteiger partial charge on any atom is -0.369 e. The average Bonchev–Trinajstić information content (AvgIpc) is 3.28. The monoisotopic (exact) mass is 441 g/mol. The van der Waals surface area contributed by atoms with Crippen molar-refractivity contribution in [1.82, 2.24) is 4.72 Å². The Morgan fingerprint density at radius 1 is 1.00 bits per heavy atom. The Bertz CT molecular complexity index is 811. The Hall–Kier alpha value is -2.31. The average molecular weight is 442 g/mol. The predicted molar refractivity (Wildman–Crippen MR) is 130 cm³/mol. The van der Waals surface area contributed by atoms with E-state index >= 15 is 0 Å². The van der Waals surface area contributed by atoms with Crippen molar-refractivity contribution >= 4 is 29.4 Å². The molecule has 1 aliphatic rings. The van der Waals surface area contributed by atoms with Gasteiger partial charge in [-0.25, -0.2) is 0 Å². The largest absolute Gasteiger partial charge is 0.369 e. The zero-order valence-corrected chi connectivity index (χ0v) is 19.6. The van der Waals surface area contributed by atoms with E-state index in [4.69, 9.17) is 5.73 Å². The molecule has 4 N–H and O–H groups in total. The first-order chi connectivity index (χ1) is 14.7. The number of amides is 2. The molecule has 0 bridgehead atoms. The van der Waals surface area contributed by atoms with Crippen LogP contribution in [0.25, 0.3) is 0 Å². The zero-order valence-electron chi connectivity index (χ0n) is 18.8. The fourth-order valence-corrected chi connectivity index (χ4v) is 3.85. The number of primary amides is 1. The molecule has 2 aromatic carbocycles. The minimum atomic E-state index is -0.109. The fraction of sp³-hybridized carbons (Fsp3) is 0.440. The Labute approximate surface area is 190 Å². The summed E-state index contributed by atoms with van der Waals surface area (Å²) in [6, 6.07) is 18.0. The summed E-state index contributed by atoms with van der Waals surface area (Å²) in [6.45, 7) is 6.38. The van der Waals surface area contributed by atoms with Crippen molar-refractivity contribution in [2.24, 2.45) is 11.7 Å². The summed E-state index contributed by atoms with van der Waals surface area (Å²) in [5.74, 6) is 0.138. The molecular formula is C25H35N3O2S. The molecule has 0 aromatic heterocycles. The Morgan fingerprint density at radius 3 is 2.13 bits per heavy atom. The van der Waals surface area contributed by atoms with Crippen LogP contribution in [0, 0.1) is 5.92 Å². The lowest BCUT2D eigenvalue weighted by atomic mass is 10.1. The maximum absolute atomic E-state index is 12.0. The van der Waals surface area contributed by atoms with Crippen LogP contribution in [-0.2, 0) is 16.0 Å². The van der Waals surface area contributed by atoms with Crippen LogP contribution in [0.1, 0.15) is 58.4 Å². The van der Waals surface area contributed by atoms with Gasteiger partial charge >= 0.3 is 0 Å². The number of rotatable bonds is 7. The summed E-state index contributed by atoms with van der Waals surface area (Å²) in [5, 5.41) is 2.94. The summed E-state index contributed by atoms with van der Waals surface area (Å²) in [7, 11) is 0. The maximum atomic E-state index is 12.0. The van der Waals surface area contributed by atoms with Crippen molar-refractivity contribution in [2.45, 2.75) is 69.7 Å². The van der Waals surface area contributed by atoms with Gasteiger partial charge in [-0.2, -0.15) is 0 Å². The Balaban J connectivity index is 0.000000357. The van der Waals surface area contributed by atoms with Gasteiger partial charge in [0.1, 0.15) is 0 Å². The molecular weight excluding hydrogens is 406 g/mol. The van der Waals surface area contributed by atoms with Gasteiger partial charge in [0.25, 0.3) is 0 Å². The number of hydrogen-bond acceptors (Lipinski definition) is 4. The smallest absolute Gasteiger partial charge is 0.224 e. The topological polar surface area (TPSA) is 84.2 Å². The van der Waals surface area contributed by atoms with E-state index in [0.717, 1.165) is 29.8 Å². The first-order valence-electron chi connectivity index (χ1n) is 10.9. The van der Waals surface area contributed by atoms with Crippen LogP contribution >= 0.6 is 11.9 Å². The summed E-state index contributed by atoms with van der Waals surface area (Å²) < 4.78 is 3.37. The second-order valence-corrected chi connectivity index (χ2v) is 9.78. The number of carbonyl (C=O) groups is 2. The normalized spacial score (nSPS) is 13.9. The van der Waals surface area contributed by atoms with Gasteiger partial charge in [0, 0.05) is 28.5 Å². The summed E-state index contributed by atoms with van der Waals surface area (Å²) in [6.07, 6.45) is 5.67. The molecule has 31 heavy (non-hydrogen) atoms. The molecule has 0 aliphatic heterocycles. The second-order valence-electron chi connectivity index (χ2n) is 8.90. The van der Waals surface area contributed by atoms with E-state index < -0.39 is 0 Å². The Morgan fingerprint density at radius 2 is 1.61 bits per heavy atom. The highest BCUT2D eigenvalue weighted by atomic mass is 32.2. The zero-order chi connectivity index (χ0) is 22.7. The molecule has 2 amide bonds. The van der Waals surface area contributed by atoms with Gasteiger partial charge < -0.3 is 11.1 Å². The molecule has 1 fully saturated rings. The van der Waals surface area contributed by atoms with E-state index in [0.29, 0.717) is 6.42 Å². The number of benzene rings is 2. The first kappa shape index (κ1) is 25.0. The highest BCUT2D eigenvalue weighted by Crippen LogP contribution is 2.23. The van der Waals surface area contributed by atoms with Crippen LogP contribution in [0.15, 0.2) is 59.5 Å². The summed E-state index contributed by atoms with van der Waals surface area (Å²) in [5.41, 5.74) is 7.14. The lowest BCUT2D eigenvalue weighted by Gasteiger charge is -2.19. The van der Waals surface area contributed by atoms with Crippen molar-refractivity contribution in [3.63, 3.8) is 0 Å². The fourth-order valence-electron chi connectivity index (χ4n) is 3.15. The van der Waals surface area contributed by atoms with Crippen LogP contribution in [0.3, 0.4) is 0 Å². The van der Waals surface area contributed by atoms with E-state index in [1.807, 2.05) is 54.6 Å². The van der Waals surface area contributed by atoms with Gasteiger partial charge in [0.2, 0.25) is 11.8 Å². The van der Waals surface area contributed by atoms with E-state index in [-0.39, 0.29) is 23.3 Å².